The Bertz CT molecular complexity index is 930. The highest BCUT2D eigenvalue weighted by Crippen LogP contribution is 2.37. The summed E-state index contributed by atoms with van der Waals surface area (Å²) in [7, 11) is 0. The van der Waals surface area contributed by atoms with E-state index in [1.165, 1.54) is 5.56 Å². The molecule has 0 bridgehead atoms. The van der Waals surface area contributed by atoms with E-state index in [1.807, 2.05) is 31.2 Å². The molecule has 0 radical (unpaired) electrons. The van der Waals surface area contributed by atoms with Crippen LogP contribution in [0.25, 0.3) is 0 Å². The number of hydrogen-bond donors (Lipinski definition) is 2. The molecule has 126 valence electrons. The molecule has 1 amide bonds. The molecule has 3 aromatic rings. The fraction of sp³-hybridized carbons (Fsp3) is 0.250. The largest absolute Gasteiger partial charge is 0.325 e. The third-order valence-corrected chi connectivity index (χ3v) is 4.63. The van der Waals surface area contributed by atoms with Gasteiger partial charge in [0.1, 0.15) is 5.82 Å². The van der Waals surface area contributed by atoms with Crippen molar-refractivity contribution in [1.82, 2.24) is 15.2 Å². The molecule has 1 aliphatic heterocycles. The maximum absolute atomic E-state index is 12.4. The highest BCUT2D eigenvalue weighted by Gasteiger charge is 2.33. The van der Waals surface area contributed by atoms with Gasteiger partial charge in [0.25, 0.3) is 0 Å². The van der Waals surface area contributed by atoms with Gasteiger partial charge in [0.05, 0.1) is 5.92 Å². The quantitative estimate of drug-likeness (QED) is 0.770. The number of rotatable bonds is 4. The first-order chi connectivity index (χ1) is 12.1. The van der Waals surface area contributed by atoms with Crippen LogP contribution in [-0.4, -0.2) is 21.1 Å². The molecule has 4 rings (SSSR count). The summed E-state index contributed by atoms with van der Waals surface area (Å²) in [5, 5.41) is 10.3. The molecule has 2 aromatic carbocycles. The number of H-pyrrole nitrogens is 1. The van der Waals surface area contributed by atoms with E-state index in [0.717, 1.165) is 28.2 Å². The lowest BCUT2D eigenvalue weighted by Crippen LogP contribution is -2.15. The summed E-state index contributed by atoms with van der Waals surface area (Å²) in [4.78, 5) is 17.0. The van der Waals surface area contributed by atoms with Crippen molar-refractivity contribution in [3.63, 3.8) is 0 Å². The Morgan fingerprint density at radius 2 is 1.92 bits per heavy atom. The Balaban J connectivity index is 1.55. The number of fused-ring (bicyclic) bond motifs is 1. The van der Waals surface area contributed by atoms with Crippen molar-refractivity contribution in [1.29, 1.82) is 0 Å². The maximum atomic E-state index is 12.4. The van der Waals surface area contributed by atoms with E-state index in [2.05, 4.69) is 45.6 Å². The topological polar surface area (TPSA) is 70.7 Å². The third-order valence-electron chi connectivity index (χ3n) is 4.63. The van der Waals surface area contributed by atoms with Crippen molar-refractivity contribution in [2.75, 3.05) is 5.32 Å². The van der Waals surface area contributed by atoms with Crippen LogP contribution in [0.1, 0.15) is 39.8 Å². The van der Waals surface area contributed by atoms with Crippen LogP contribution in [0.4, 0.5) is 5.69 Å². The molecule has 0 fully saturated rings. The van der Waals surface area contributed by atoms with Crippen LogP contribution in [0.15, 0.2) is 42.5 Å². The molecule has 0 unspecified atom stereocenters. The van der Waals surface area contributed by atoms with Crippen LogP contribution in [-0.2, 0) is 17.6 Å². The fourth-order valence-corrected chi connectivity index (χ4v) is 3.57. The number of aromatic nitrogens is 3. The highest BCUT2D eigenvalue weighted by atomic mass is 16.2. The monoisotopic (exact) mass is 332 g/mol. The van der Waals surface area contributed by atoms with E-state index >= 15 is 0 Å². The average molecular weight is 332 g/mol. The zero-order valence-electron chi connectivity index (χ0n) is 14.3. The molecule has 1 aromatic heterocycles. The van der Waals surface area contributed by atoms with Crippen LogP contribution in [0.5, 0.6) is 0 Å². The van der Waals surface area contributed by atoms with Gasteiger partial charge >= 0.3 is 0 Å². The standard InChI is InChI=1S/C20H20N4O/c1-12-8-13(2)19-15(20(25)21-16(19)9-12)11-18-22-17(23-24-18)10-14-6-4-3-5-7-14/h3-9,15H,10-11H2,1-2H3,(H,21,25)(H,22,23,24)/t15-/m1/s1. The predicted molar refractivity (Wildman–Crippen MR) is 96.6 cm³/mol. The molecule has 1 aliphatic rings. The molecular formula is C20H20N4O. The van der Waals surface area contributed by atoms with Gasteiger partial charge in [-0.1, -0.05) is 36.4 Å². The van der Waals surface area contributed by atoms with Gasteiger partial charge in [0.2, 0.25) is 5.91 Å². The lowest BCUT2D eigenvalue weighted by Gasteiger charge is -2.10. The molecule has 0 spiro atoms. The van der Waals surface area contributed by atoms with E-state index in [9.17, 15) is 4.79 Å². The SMILES string of the molecule is Cc1cc(C)c2c(c1)NC(=O)[C@@H]2Cc1n[nH]c(Cc2ccccc2)n1. The first kappa shape index (κ1) is 15.6. The molecule has 1 atom stereocenters. The van der Waals surface area contributed by atoms with Crippen LogP contribution in [0.3, 0.4) is 0 Å². The fourth-order valence-electron chi connectivity index (χ4n) is 3.57. The predicted octanol–water partition coefficient (Wildman–Crippen LogP) is 3.29. The summed E-state index contributed by atoms with van der Waals surface area (Å²) in [5.41, 5.74) is 5.47. The van der Waals surface area contributed by atoms with Crippen LogP contribution < -0.4 is 5.32 Å². The summed E-state index contributed by atoms with van der Waals surface area (Å²) < 4.78 is 0. The van der Waals surface area contributed by atoms with Crippen LogP contribution in [0.2, 0.25) is 0 Å². The second-order valence-electron chi connectivity index (χ2n) is 6.65. The zero-order chi connectivity index (χ0) is 17.4. The number of nitrogens with one attached hydrogen (secondary N) is 2. The Kier molecular flexibility index (Phi) is 3.84. The highest BCUT2D eigenvalue weighted by molar-refractivity contribution is 6.03. The van der Waals surface area contributed by atoms with Gasteiger partial charge in [-0.15, -0.1) is 0 Å². The van der Waals surface area contributed by atoms with Gasteiger partial charge in [0.15, 0.2) is 5.82 Å². The minimum Gasteiger partial charge on any atom is -0.325 e. The van der Waals surface area contributed by atoms with Crippen molar-refractivity contribution in [3.05, 3.63) is 76.4 Å². The van der Waals surface area contributed by atoms with Gasteiger partial charge in [-0.2, -0.15) is 5.10 Å². The molecular weight excluding hydrogens is 312 g/mol. The van der Waals surface area contributed by atoms with Crippen molar-refractivity contribution in [3.8, 4) is 0 Å². The molecule has 25 heavy (non-hydrogen) atoms. The smallest absolute Gasteiger partial charge is 0.232 e. The van der Waals surface area contributed by atoms with Crippen molar-refractivity contribution in [2.24, 2.45) is 0 Å². The number of benzene rings is 2. The molecule has 0 saturated carbocycles. The summed E-state index contributed by atoms with van der Waals surface area (Å²) in [5.74, 6) is 1.30. The number of amides is 1. The maximum Gasteiger partial charge on any atom is 0.232 e. The number of aromatic amines is 1. The number of carbonyl (C=O) groups excluding carboxylic acids is 1. The van der Waals surface area contributed by atoms with E-state index < -0.39 is 0 Å². The number of aryl methyl sites for hydroxylation is 2. The van der Waals surface area contributed by atoms with Crippen molar-refractivity contribution in [2.45, 2.75) is 32.6 Å². The van der Waals surface area contributed by atoms with Gasteiger partial charge in [-0.25, -0.2) is 4.98 Å². The molecule has 5 heteroatoms. The lowest BCUT2D eigenvalue weighted by atomic mass is 9.92. The first-order valence-corrected chi connectivity index (χ1v) is 8.46. The van der Waals surface area contributed by atoms with Gasteiger partial charge < -0.3 is 5.32 Å². The van der Waals surface area contributed by atoms with Crippen LogP contribution in [0, 0.1) is 13.8 Å². The number of anilines is 1. The minimum atomic E-state index is -0.226. The van der Waals surface area contributed by atoms with Crippen LogP contribution >= 0.6 is 0 Å². The zero-order valence-corrected chi connectivity index (χ0v) is 14.3. The summed E-state index contributed by atoms with van der Waals surface area (Å²) in [6, 6.07) is 14.3. The molecule has 2 heterocycles. The molecule has 5 nitrogen and oxygen atoms in total. The van der Waals surface area contributed by atoms with Gasteiger partial charge in [-0.3, -0.25) is 9.89 Å². The molecule has 0 saturated heterocycles. The summed E-state index contributed by atoms with van der Waals surface area (Å²) >= 11 is 0. The number of hydrogen-bond acceptors (Lipinski definition) is 3. The molecule has 0 aliphatic carbocycles. The average Bonchev–Trinajstić information content (AvgIpc) is 3.13. The van der Waals surface area contributed by atoms with E-state index in [-0.39, 0.29) is 11.8 Å². The van der Waals surface area contributed by atoms with E-state index in [4.69, 9.17) is 0 Å². The van der Waals surface area contributed by atoms with Gasteiger partial charge in [0, 0.05) is 18.5 Å². The Hall–Kier alpha value is -2.95. The van der Waals surface area contributed by atoms with Crippen molar-refractivity contribution < 1.29 is 4.79 Å². The van der Waals surface area contributed by atoms with E-state index in [0.29, 0.717) is 18.7 Å². The Morgan fingerprint density at radius 1 is 1.12 bits per heavy atom. The third kappa shape index (κ3) is 3.05. The minimum absolute atomic E-state index is 0.0260. The lowest BCUT2D eigenvalue weighted by molar-refractivity contribution is -0.117. The molecule has 2 N–H and O–H groups in total. The second kappa shape index (κ2) is 6.16. The normalized spacial score (nSPS) is 15.9. The second-order valence-corrected chi connectivity index (χ2v) is 6.65. The number of nitrogens with zero attached hydrogens (tertiary/aromatic N) is 2. The van der Waals surface area contributed by atoms with E-state index in [1.54, 1.807) is 0 Å². The van der Waals surface area contributed by atoms with Gasteiger partial charge in [-0.05, 0) is 42.2 Å². The van der Waals surface area contributed by atoms with Crippen molar-refractivity contribution >= 4 is 11.6 Å². The summed E-state index contributed by atoms with van der Waals surface area (Å²) in [6.07, 6.45) is 1.22. The number of carbonyl (C=O) groups is 1. The Morgan fingerprint density at radius 3 is 2.72 bits per heavy atom. The summed E-state index contributed by atoms with van der Waals surface area (Å²) in [6.45, 7) is 4.09. The first-order valence-electron chi connectivity index (χ1n) is 8.46. The Labute approximate surface area is 146 Å².